The van der Waals surface area contributed by atoms with E-state index in [1.54, 1.807) is 0 Å². The van der Waals surface area contributed by atoms with Gasteiger partial charge in [0.15, 0.2) is 5.78 Å². The fraction of sp³-hybridized carbons (Fsp3) is 0.588. The smallest absolute Gasteiger partial charge is 0.171 e. The summed E-state index contributed by atoms with van der Waals surface area (Å²) >= 11 is 0. The van der Waals surface area contributed by atoms with E-state index >= 15 is 0 Å². The maximum Gasteiger partial charge on any atom is 0.171 e. The Hall–Kier alpha value is -1.32. The van der Waals surface area contributed by atoms with Crippen LogP contribution in [0.4, 0.5) is 13.2 Å². The van der Waals surface area contributed by atoms with Crippen molar-refractivity contribution in [3.8, 4) is 0 Å². The first-order valence-corrected chi connectivity index (χ1v) is 7.75. The fourth-order valence-electron chi connectivity index (χ4n) is 4.09. The number of carbonyl (C=O) groups is 1. The van der Waals surface area contributed by atoms with E-state index < -0.39 is 28.8 Å². The summed E-state index contributed by atoms with van der Waals surface area (Å²) in [6, 6.07) is 1.17. The highest BCUT2D eigenvalue weighted by molar-refractivity contribution is 5.98. The van der Waals surface area contributed by atoms with Crippen molar-refractivity contribution in [1.82, 2.24) is 0 Å². The van der Waals surface area contributed by atoms with Crippen molar-refractivity contribution < 1.29 is 18.0 Å². The Bertz CT molecular complexity index is 532. The molecule has 0 aliphatic heterocycles. The van der Waals surface area contributed by atoms with Gasteiger partial charge in [-0.15, -0.1) is 0 Å². The molecular formula is C17H19F3O. The van der Waals surface area contributed by atoms with Crippen LogP contribution >= 0.6 is 0 Å². The molecule has 0 radical (unpaired) electrons. The Morgan fingerprint density at radius 2 is 1.52 bits per heavy atom. The van der Waals surface area contributed by atoms with Gasteiger partial charge in [0.1, 0.15) is 17.5 Å². The van der Waals surface area contributed by atoms with Gasteiger partial charge in [0.25, 0.3) is 0 Å². The van der Waals surface area contributed by atoms with Gasteiger partial charge < -0.3 is 0 Å². The van der Waals surface area contributed by atoms with Gasteiger partial charge in [-0.05, 0) is 31.1 Å². The van der Waals surface area contributed by atoms with E-state index in [1.165, 1.54) is 19.3 Å². The molecule has 3 rings (SSSR count). The van der Waals surface area contributed by atoms with Crippen molar-refractivity contribution in [3.05, 3.63) is 35.1 Å². The molecule has 2 saturated carbocycles. The zero-order chi connectivity index (χ0) is 15.0. The van der Waals surface area contributed by atoms with Crippen molar-refractivity contribution in [2.75, 3.05) is 0 Å². The van der Waals surface area contributed by atoms with Crippen LogP contribution in [-0.2, 0) is 0 Å². The molecule has 1 aromatic carbocycles. The van der Waals surface area contributed by atoms with E-state index in [0.29, 0.717) is 30.4 Å². The molecule has 2 aliphatic carbocycles. The quantitative estimate of drug-likeness (QED) is 0.710. The first-order valence-electron chi connectivity index (χ1n) is 7.75. The zero-order valence-corrected chi connectivity index (χ0v) is 11.9. The van der Waals surface area contributed by atoms with Crippen molar-refractivity contribution in [2.45, 2.75) is 44.9 Å². The molecule has 2 fully saturated rings. The van der Waals surface area contributed by atoms with Crippen LogP contribution in [0.3, 0.4) is 0 Å². The van der Waals surface area contributed by atoms with Crippen LogP contribution in [-0.4, -0.2) is 5.78 Å². The van der Waals surface area contributed by atoms with Crippen LogP contribution in [0, 0.1) is 35.2 Å². The van der Waals surface area contributed by atoms with E-state index in [1.807, 2.05) is 0 Å². The summed E-state index contributed by atoms with van der Waals surface area (Å²) in [5.74, 6) is -2.78. The SMILES string of the molecule is O=C(c1c(F)cc(F)cc1F)C1CCC2CCCCC2C1. The number of fused-ring (bicyclic) bond motifs is 1. The highest BCUT2D eigenvalue weighted by Crippen LogP contribution is 2.43. The molecule has 0 spiro atoms. The van der Waals surface area contributed by atoms with Gasteiger partial charge in [-0.2, -0.15) is 0 Å². The molecule has 0 aromatic heterocycles. The van der Waals surface area contributed by atoms with Crippen molar-refractivity contribution >= 4 is 5.78 Å². The number of Topliss-reactive ketones (excluding diaryl/α,β-unsaturated/α-hetero) is 1. The summed E-state index contributed by atoms with van der Waals surface area (Å²) in [5, 5.41) is 0. The first-order chi connectivity index (χ1) is 10.1. The Morgan fingerprint density at radius 1 is 0.905 bits per heavy atom. The van der Waals surface area contributed by atoms with Crippen molar-refractivity contribution in [1.29, 1.82) is 0 Å². The summed E-state index contributed by atoms with van der Waals surface area (Å²) in [5.41, 5.74) is -0.560. The van der Waals surface area contributed by atoms with Gasteiger partial charge in [0, 0.05) is 18.1 Å². The highest BCUT2D eigenvalue weighted by atomic mass is 19.1. The molecule has 1 aromatic rings. The zero-order valence-electron chi connectivity index (χ0n) is 11.9. The molecule has 2 aliphatic rings. The van der Waals surface area contributed by atoms with Crippen LogP contribution < -0.4 is 0 Å². The second-order valence-corrected chi connectivity index (χ2v) is 6.42. The maximum atomic E-state index is 13.7. The van der Waals surface area contributed by atoms with Gasteiger partial charge in [-0.25, -0.2) is 13.2 Å². The number of hydrogen-bond donors (Lipinski definition) is 0. The monoisotopic (exact) mass is 296 g/mol. The van der Waals surface area contributed by atoms with Gasteiger partial charge in [0.05, 0.1) is 5.56 Å². The lowest BCUT2D eigenvalue weighted by Crippen LogP contribution is -2.32. The summed E-state index contributed by atoms with van der Waals surface area (Å²) in [6.07, 6.45) is 7.14. The van der Waals surface area contributed by atoms with Crippen LogP contribution in [0.5, 0.6) is 0 Å². The Balaban J connectivity index is 1.80. The second kappa shape index (κ2) is 5.82. The van der Waals surface area contributed by atoms with E-state index in [9.17, 15) is 18.0 Å². The molecule has 0 saturated heterocycles. The third-order valence-corrected chi connectivity index (χ3v) is 5.16. The summed E-state index contributed by atoms with van der Waals surface area (Å²) in [4.78, 5) is 12.4. The van der Waals surface area contributed by atoms with E-state index in [0.717, 1.165) is 19.3 Å². The molecule has 0 heterocycles. The minimum absolute atomic E-state index is 0.321. The number of ketones is 1. The molecule has 114 valence electrons. The number of rotatable bonds is 2. The topological polar surface area (TPSA) is 17.1 Å². The van der Waals surface area contributed by atoms with E-state index in [4.69, 9.17) is 0 Å². The third-order valence-electron chi connectivity index (χ3n) is 5.16. The van der Waals surface area contributed by atoms with Crippen LogP contribution in [0.25, 0.3) is 0 Å². The normalized spacial score (nSPS) is 29.0. The van der Waals surface area contributed by atoms with Crippen LogP contribution in [0.2, 0.25) is 0 Å². The Labute approximate surface area is 122 Å². The van der Waals surface area contributed by atoms with E-state index in [2.05, 4.69) is 0 Å². The minimum Gasteiger partial charge on any atom is -0.294 e. The maximum absolute atomic E-state index is 13.7. The molecule has 4 heteroatoms. The number of carbonyl (C=O) groups excluding carboxylic acids is 1. The summed E-state index contributed by atoms with van der Waals surface area (Å²) in [6.45, 7) is 0. The highest BCUT2D eigenvalue weighted by Gasteiger charge is 2.36. The van der Waals surface area contributed by atoms with Gasteiger partial charge >= 0.3 is 0 Å². The third kappa shape index (κ3) is 2.85. The van der Waals surface area contributed by atoms with Gasteiger partial charge in [-0.3, -0.25) is 4.79 Å². The molecule has 0 amide bonds. The summed E-state index contributed by atoms with van der Waals surface area (Å²) in [7, 11) is 0. The van der Waals surface area contributed by atoms with Gasteiger partial charge in [-0.1, -0.05) is 25.7 Å². The summed E-state index contributed by atoms with van der Waals surface area (Å²) < 4.78 is 40.4. The molecule has 0 bridgehead atoms. The largest absolute Gasteiger partial charge is 0.294 e. The number of halogens is 3. The standard InChI is InChI=1S/C17H19F3O/c18-13-8-14(19)16(15(20)9-13)17(21)12-6-5-10-3-1-2-4-11(10)7-12/h8-12H,1-7H2. The average Bonchev–Trinajstić information content (AvgIpc) is 2.45. The Kier molecular flexibility index (Phi) is 4.05. The average molecular weight is 296 g/mol. The Morgan fingerprint density at radius 3 is 2.19 bits per heavy atom. The molecule has 3 atom stereocenters. The number of hydrogen-bond acceptors (Lipinski definition) is 1. The lowest BCUT2D eigenvalue weighted by molar-refractivity contribution is 0.0755. The predicted molar refractivity (Wildman–Crippen MR) is 73.4 cm³/mol. The molecular weight excluding hydrogens is 277 g/mol. The van der Waals surface area contributed by atoms with Crippen LogP contribution in [0.15, 0.2) is 12.1 Å². The second-order valence-electron chi connectivity index (χ2n) is 6.42. The fourth-order valence-corrected chi connectivity index (χ4v) is 4.09. The molecule has 21 heavy (non-hydrogen) atoms. The molecule has 0 N–H and O–H groups in total. The number of benzene rings is 1. The first kappa shape index (κ1) is 14.6. The molecule has 1 nitrogen and oxygen atoms in total. The van der Waals surface area contributed by atoms with Crippen LogP contribution in [0.1, 0.15) is 55.3 Å². The van der Waals surface area contributed by atoms with Gasteiger partial charge in [0.2, 0.25) is 0 Å². The minimum atomic E-state index is -1.08. The van der Waals surface area contributed by atoms with E-state index in [-0.39, 0.29) is 5.92 Å². The van der Waals surface area contributed by atoms with Crippen molar-refractivity contribution in [3.63, 3.8) is 0 Å². The molecule has 3 unspecified atom stereocenters. The lowest BCUT2D eigenvalue weighted by Gasteiger charge is -2.38. The predicted octanol–water partition coefficient (Wildman–Crippen LogP) is 4.89. The van der Waals surface area contributed by atoms with Crippen molar-refractivity contribution in [2.24, 2.45) is 17.8 Å². The lowest BCUT2D eigenvalue weighted by atomic mass is 9.66.